The molecule has 2 aromatic carbocycles. The highest BCUT2D eigenvalue weighted by atomic mass is 16.3. The maximum atomic E-state index is 12.0. The van der Waals surface area contributed by atoms with E-state index in [4.69, 9.17) is 0 Å². The maximum Gasteiger partial charge on any atom is 0.319 e. The molecular weight excluding hydrogens is 280 g/mol. The van der Waals surface area contributed by atoms with Crippen LogP contribution in [-0.2, 0) is 0 Å². The molecule has 2 rings (SSSR count). The second-order valence-electron chi connectivity index (χ2n) is 4.88. The van der Waals surface area contributed by atoms with Crippen LogP contribution in [0.5, 0.6) is 0 Å². The number of hydrogen-bond donors (Lipinski definition) is 3. The van der Waals surface area contributed by atoms with Gasteiger partial charge in [-0.15, -0.1) is 0 Å². The van der Waals surface area contributed by atoms with Gasteiger partial charge in [-0.1, -0.05) is 42.5 Å². The van der Waals surface area contributed by atoms with Gasteiger partial charge >= 0.3 is 6.03 Å². The third-order valence-corrected chi connectivity index (χ3v) is 3.22. The van der Waals surface area contributed by atoms with Crippen molar-refractivity contribution >= 4 is 17.5 Å². The summed E-state index contributed by atoms with van der Waals surface area (Å²) >= 11 is 0. The number of ketones is 1. The molecule has 2 amide bonds. The van der Waals surface area contributed by atoms with Crippen molar-refractivity contribution in [2.45, 2.75) is 13.0 Å². The van der Waals surface area contributed by atoms with Gasteiger partial charge in [0.05, 0.1) is 12.6 Å². The number of urea groups is 1. The number of anilines is 1. The summed E-state index contributed by atoms with van der Waals surface area (Å²) in [6.45, 7) is 1.27. The Morgan fingerprint density at radius 2 is 1.82 bits per heavy atom. The number of rotatable bonds is 5. The number of benzene rings is 2. The number of aliphatic hydroxyl groups is 1. The monoisotopic (exact) mass is 298 g/mol. The SMILES string of the molecule is CC(=O)c1cccc(NC(=O)NC(CO)c2ccccc2)c1. The Balaban J connectivity index is 2.03. The average molecular weight is 298 g/mol. The highest BCUT2D eigenvalue weighted by Crippen LogP contribution is 2.14. The Bertz CT molecular complexity index is 656. The predicted octanol–water partition coefficient (Wildman–Crippen LogP) is 2.74. The van der Waals surface area contributed by atoms with Gasteiger partial charge in [0.15, 0.2) is 5.78 Å². The Labute approximate surface area is 129 Å². The molecule has 0 aliphatic carbocycles. The Morgan fingerprint density at radius 1 is 1.09 bits per heavy atom. The van der Waals surface area contributed by atoms with Gasteiger partial charge in [0.1, 0.15) is 0 Å². The standard InChI is InChI=1S/C17H18N2O3/c1-12(21)14-8-5-9-15(10-14)18-17(22)19-16(11-20)13-6-3-2-4-7-13/h2-10,16,20H,11H2,1H3,(H2,18,19,22). The zero-order valence-corrected chi connectivity index (χ0v) is 12.2. The van der Waals surface area contributed by atoms with E-state index in [0.29, 0.717) is 11.3 Å². The van der Waals surface area contributed by atoms with Gasteiger partial charge in [0.2, 0.25) is 0 Å². The maximum absolute atomic E-state index is 12.0. The number of carbonyl (C=O) groups excluding carboxylic acids is 2. The molecule has 0 bridgehead atoms. The van der Waals surface area contributed by atoms with E-state index in [0.717, 1.165) is 5.56 Å². The fourth-order valence-electron chi connectivity index (χ4n) is 2.06. The lowest BCUT2D eigenvalue weighted by molar-refractivity contribution is 0.101. The van der Waals surface area contributed by atoms with Crippen LogP contribution in [0, 0.1) is 0 Å². The van der Waals surface area contributed by atoms with Crippen LogP contribution in [0.15, 0.2) is 54.6 Å². The quantitative estimate of drug-likeness (QED) is 0.743. The van der Waals surface area contributed by atoms with E-state index >= 15 is 0 Å². The first-order valence-electron chi connectivity index (χ1n) is 6.94. The van der Waals surface area contributed by atoms with Crippen molar-refractivity contribution in [1.29, 1.82) is 0 Å². The molecule has 22 heavy (non-hydrogen) atoms. The molecule has 114 valence electrons. The zero-order valence-electron chi connectivity index (χ0n) is 12.2. The Kier molecular flexibility index (Phi) is 5.27. The molecule has 0 aliphatic heterocycles. The second kappa shape index (κ2) is 7.38. The van der Waals surface area contributed by atoms with E-state index in [9.17, 15) is 14.7 Å². The Hall–Kier alpha value is -2.66. The van der Waals surface area contributed by atoms with Crippen molar-refractivity contribution in [3.05, 3.63) is 65.7 Å². The van der Waals surface area contributed by atoms with E-state index in [1.807, 2.05) is 30.3 Å². The fourth-order valence-corrected chi connectivity index (χ4v) is 2.06. The molecule has 0 heterocycles. The van der Waals surface area contributed by atoms with E-state index in [1.54, 1.807) is 24.3 Å². The molecule has 5 nitrogen and oxygen atoms in total. The van der Waals surface area contributed by atoms with Gasteiger partial charge in [-0.3, -0.25) is 4.79 Å². The van der Waals surface area contributed by atoms with E-state index in [-0.39, 0.29) is 12.4 Å². The molecule has 2 aromatic rings. The van der Waals surface area contributed by atoms with Crippen LogP contribution >= 0.6 is 0 Å². The Morgan fingerprint density at radius 3 is 2.45 bits per heavy atom. The van der Waals surface area contributed by atoms with E-state index in [1.165, 1.54) is 6.92 Å². The summed E-state index contributed by atoms with van der Waals surface area (Å²) in [5, 5.41) is 14.8. The smallest absolute Gasteiger partial charge is 0.319 e. The number of hydrogen-bond acceptors (Lipinski definition) is 3. The zero-order chi connectivity index (χ0) is 15.9. The predicted molar refractivity (Wildman–Crippen MR) is 84.9 cm³/mol. The lowest BCUT2D eigenvalue weighted by atomic mass is 10.1. The lowest BCUT2D eigenvalue weighted by Gasteiger charge is -2.17. The molecule has 3 N–H and O–H groups in total. The fraction of sp³-hybridized carbons (Fsp3) is 0.176. The summed E-state index contributed by atoms with van der Waals surface area (Å²) < 4.78 is 0. The van der Waals surface area contributed by atoms with Crippen LogP contribution in [0.25, 0.3) is 0 Å². The van der Waals surface area contributed by atoms with Crippen molar-refractivity contribution in [1.82, 2.24) is 5.32 Å². The van der Waals surface area contributed by atoms with Gasteiger partial charge in [0.25, 0.3) is 0 Å². The second-order valence-corrected chi connectivity index (χ2v) is 4.88. The van der Waals surface area contributed by atoms with Gasteiger partial charge in [-0.2, -0.15) is 0 Å². The third kappa shape index (κ3) is 4.17. The van der Waals surface area contributed by atoms with Crippen LogP contribution in [0.3, 0.4) is 0 Å². The molecular formula is C17H18N2O3. The van der Waals surface area contributed by atoms with Gasteiger partial charge in [-0.05, 0) is 24.6 Å². The van der Waals surface area contributed by atoms with Crippen LogP contribution in [-0.4, -0.2) is 23.5 Å². The minimum absolute atomic E-state index is 0.0680. The first-order chi connectivity index (χ1) is 10.6. The molecule has 1 unspecified atom stereocenters. The summed E-state index contributed by atoms with van der Waals surface area (Å²) in [6.07, 6.45) is 0. The lowest BCUT2D eigenvalue weighted by Crippen LogP contribution is -2.34. The highest BCUT2D eigenvalue weighted by molar-refractivity contribution is 5.96. The minimum Gasteiger partial charge on any atom is -0.394 e. The van der Waals surface area contributed by atoms with Crippen LogP contribution < -0.4 is 10.6 Å². The third-order valence-electron chi connectivity index (χ3n) is 3.22. The highest BCUT2D eigenvalue weighted by Gasteiger charge is 2.13. The summed E-state index contributed by atoms with van der Waals surface area (Å²) in [5.74, 6) is -0.0680. The number of carbonyl (C=O) groups is 2. The van der Waals surface area contributed by atoms with Crippen LogP contribution in [0.4, 0.5) is 10.5 Å². The molecule has 0 fully saturated rings. The molecule has 0 aromatic heterocycles. The van der Waals surface area contributed by atoms with Crippen molar-refractivity contribution in [2.75, 3.05) is 11.9 Å². The average Bonchev–Trinajstić information content (AvgIpc) is 2.53. The molecule has 0 spiro atoms. The molecule has 0 aliphatic rings. The van der Waals surface area contributed by atoms with Crippen LogP contribution in [0.1, 0.15) is 28.9 Å². The van der Waals surface area contributed by atoms with Crippen LogP contribution in [0.2, 0.25) is 0 Å². The van der Waals surface area contributed by atoms with Gasteiger partial charge in [-0.25, -0.2) is 4.79 Å². The van der Waals surface area contributed by atoms with Crippen molar-refractivity contribution < 1.29 is 14.7 Å². The molecule has 0 saturated heterocycles. The summed E-state index contributed by atoms with van der Waals surface area (Å²) in [5.41, 5.74) is 1.87. The molecule has 0 radical (unpaired) electrons. The minimum atomic E-state index is -0.489. The van der Waals surface area contributed by atoms with Crippen molar-refractivity contribution in [3.63, 3.8) is 0 Å². The molecule has 1 atom stereocenters. The normalized spacial score (nSPS) is 11.5. The number of nitrogens with one attached hydrogen (secondary N) is 2. The summed E-state index contributed by atoms with van der Waals surface area (Å²) in [7, 11) is 0. The molecule has 5 heteroatoms. The van der Waals surface area contributed by atoms with Gasteiger partial charge < -0.3 is 15.7 Å². The first-order valence-corrected chi connectivity index (χ1v) is 6.94. The summed E-state index contributed by atoms with van der Waals surface area (Å²) in [4.78, 5) is 23.3. The van der Waals surface area contributed by atoms with Crippen molar-refractivity contribution in [3.8, 4) is 0 Å². The van der Waals surface area contributed by atoms with E-state index < -0.39 is 12.1 Å². The number of amides is 2. The number of Topliss-reactive ketones (excluding diaryl/α,β-unsaturated/α-hetero) is 1. The molecule has 0 saturated carbocycles. The number of aliphatic hydroxyl groups excluding tert-OH is 1. The van der Waals surface area contributed by atoms with Gasteiger partial charge in [0, 0.05) is 11.3 Å². The summed E-state index contributed by atoms with van der Waals surface area (Å²) in [6, 6.07) is 15.0. The topological polar surface area (TPSA) is 78.4 Å². The first kappa shape index (κ1) is 15.7. The largest absolute Gasteiger partial charge is 0.394 e. The van der Waals surface area contributed by atoms with Crippen molar-refractivity contribution in [2.24, 2.45) is 0 Å². The van der Waals surface area contributed by atoms with E-state index in [2.05, 4.69) is 10.6 Å².